The van der Waals surface area contributed by atoms with E-state index in [0.29, 0.717) is 17.7 Å². The number of benzene rings is 1. The SMILES string of the molecule is Cc1ccccc1C(=O)CCN1CCSC(C)C1C. The first kappa shape index (κ1) is 14.6. The van der Waals surface area contributed by atoms with Gasteiger partial charge in [0.15, 0.2) is 5.78 Å². The number of Topliss-reactive ketones (excluding diaryl/α,β-unsaturated/α-hetero) is 1. The van der Waals surface area contributed by atoms with Crippen molar-refractivity contribution in [3.8, 4) is 0 Å². The molecule has 19 heavy (non-hydrogen) atoms. The number of carbonyl (C=O) groups is 1. The van der Waals surface area contributed by atoms with E-state index in [0.717, 1.165) is 24.2 Å². The maximum Gasteiger partial charge on any atom is 0.164 e. The van der Waals surface area contributed by atoms with Crippen LogP contribution in [-0.4, -0.2) is 40.8 Å². The molecule has 0 N–H and O–H groups in total. The van der Waals surface area contributed by atoms with Gasteiger partial charge in [0, 0.05) is 42.1 Å². The van der Waals surface area contributed by atoms with Crippen LogP contribution in [0.1, 0.15) is 36.2 Å². The highest BCUT2D eigenvalue weighted by molar-refractivity contribution is 8.00. The van der Waals surface area contributed by atoms with E-state index in [9.17, 15) is 4.79 Å². The van der Waals surface area contributed by atoms with Crippen molar-refractivity contribution in [3.05, 3.63) is 35.4 Å². The zero-order valence-electron chi connectivity index (χ0n) is 12.1. The molecule has 1 aromatic rings. The normalized spacial score (nSPS) is 24.4. The molecule has 0 amide bonds. The number of carbonyl (C=O) groups excluding carboxylic acids is 1. The highest BCUT2D eigenvalue weighted by Crippen LogP contribution is 2.24. The summed E-state index contributed by atoms with van der Waals surface area (Å²) in [5.74, 6) is 1.46. The van der Waals surface area contributed by atoms with E-state index in [1.54, 1.807) is 0 Å². The van der Waals surface area contributed by atoms with Gasteiger partial charge in [-0.2, -0.15) is 11.8 Å². The first-order valence-electron chi connectivity index (χ1n) is 7.04. The molecular formula is C16H23NOS. The minimum atomic E-state index is 0.274. The Balaban J connectivity index is 1.92. The quantitative estimate of drug-likeness (QED) is 0.787. The molecule has 0 spiro atoms. The Kier molecular flexibility index (Phi) is 5.06. The fourth-order valence-corrected chi connectivity index (χ4v) is 3.74. The van der Waals surface area contributed by atoms with Crippen LogP contribution in [-0.2, 0) is 0 Å². The fourth-order valence-electron chi connectivity index (χ4n) is 2.58. The van der Waals surface area contributed by atoms with Crippen LogP contribution in [0.4, 0.5) is 0 Å². The number of nitrogens with zero attached hydrogens (tertiary/aromatic N) is 1. The van der Waals surface area contributed by atoms with Gasteiger partial charge in [-0.05, 0) is 19.4 Å². The average Bonchev–Trinajstić information content (AvgIpc) is 2.40. The van der Waals surface area contributed by atoms with Crippen LogP contribution in [0.2, 0.25) is 0 Å². The van der Waals surface area contributed by atoms with Crippen molar-refractivity contribution in [1.82, 2.24) is 4.90 Å². The first-order valence-corrected chi connectivity index (χ1v) is 8.09. The Labute approximate surface area is 120 Å². The van der Waals surface area contributed by atoms with Gasteiger partial charge in [-0.25, -0.2) is 0 Å². The molecule has 0 radical (unpaired) electrons. The summed E-state index contributed by atoms with van der Waals surface area (Å²) >= 11 is 2.04. The molecule has 2 rings (SSSR count). The molecule has 0 saturated carbocycles. The van der Waals surface area contributed by atoms with Gasteiger partial charge in [0.2, 0.25) is 0 Å². The monoisotopic (exact) mass is 277 g/mol. The predicted molar refractivity (Wildman–Crippen MR) is 83.1 cm³/mol. The van der Waals surface area contributed by atoms with Crippen molar-refractivity contribution < 1.29 is 4.79 Å². The third-order valence-electron chi connectivity index (χ3n) is 4.09. The number of hydrogen-bond acceptors (Lipinski definition) is 3. The number of ketones is 1. The lowest BCUT2D eigenvalue weighted by atomic mass is 10.0. The van der Waals surface area contributed by atoms with Crippen molar-refractivity contribution in [2.75, 3.05) is 18.8 Å². The van der Waals surface area contributed by atoms with Gasteiger partial charge in [0.05, 0.1) is 0 Å². The first-order chi connectivity index (χ1) is 9.09. The summed E-state index contributed by atoms with van der Waals surface area (Å²) in [6.07, 6.45) is 0.632. The van der Waals surface area contributed by atoms with Gasteiger partial charge in [-0.1, -0.05) is 31.2 Å². The second kappa shape index (κ2) is 6.58. The lowest BCUT2D eigenvalue weighted by Gasteiger charge is -2.37. The predicted octanol–water partition coefficient (Wildman–Crippen LogP) is 3.39. The highest BCUT2D eigenvalue weighted by Gasteiger charge is 2.25. The third-order valence-corrected chi connectivity index (χ3v) is 5.42. The average molecular weight is 277 g/mol. The Morgan fingerprint density at radius 1 is 1.37 bits per heavy atom. The minimum Gasteiger partial charge on any atom is -0.298 e. The van der Waals surface area contributed by atoms with Crippen LogP contribution in [0.5, 0.6) is 0 Å². The lowest BCUT2D eigenvalue weighted by Crippen LogP contribution is -2.45. The maximum atomic E-state index is 12.3. The molecule has 0 aliphatic carbocycles. The largest absolute Gasteiger partial charge is 0.298 e. The third kappa shape index (κ3) is 3.61. The molecular weight excluding hydrogens is 254 g/mol. The maximum absolute atomic E-state index is 12.3. The van der Waals surface area contributed by atoms with E-state index in [1.807, 2.05) is 43.0 Å². The van der Waals surface area contributed by atoms with Gasteiger partial charge in [0.1, 0.15) is 0 Å². The molecule has 1 aliphatic rings. The second-order valence-electron chi connectivity index (χ2n) is 5.34. The van der Waals surface area contributed by atoms with Crippen molar-refractivity contribution in [1.29, 1.82) is 0 Å². The van der Waals surface area contributed by atoms with Crippen LogP contribution in [0.15, 0.2) is 24.3 Å². The minimum absolute atomic E-state index is 0.274. The van der Waals surface area contributed by atoms with Crippen molar-refractivity contribution in [2.45, 2.75) is 38.5 Å². The van der Waals surface area contributed by atoms with E-state index in [2.05, 4.69) is 18.7 Å². The van der Waals surface area contributed by atoms with Gasteiger partial charge >= 0.3 is 0 Å². The number of aryl methyl sites for hydroxylation is 1. The summed E-state index contributed by atoms with van der Waals surface area (Å²) in [6, 6.07) is 8.45. The molecule has 1 fully saturated rings. The smallest absolute Gasteiger partial charge is 0.164 e. The van der Waals surface area contributed by atoms with Gasteiger partial charge in [-0.15, -0.1) is 0 Å². The molecule has 1 saturated heterocycles. The van der Waals surface area contributed by atoms with E-state index in [4.69, 9.17) is 0 Å². The molecule has 1 aromatic carbocycles. The van der Waals surface area contributed by atoms with Gasteiger partial charge in [-0.3, -0.25) is 9.69 Å². The molecule has 1 heterocycles. The fraction of sp³-hybridized carbons (Fsp3) is 0.562. The number of hydrogen-bond donors (Lipinski definition) is 0. The zero-order valence-corrected chi connectivity index (χ0v) is 12.9. The summed E-state index contributed by atoms with van der Waals surface area (Å²) in [7, 11) is 0. The van der Waals surface area contributed by atoms with Crippen molar-refractivity contribution in [2.24, 2.45) is 0 Å². The highest BCUT2D eigenvalue weighted by atomic mass is 32.2. The van der Waals surface area contributed by atoms with Gasteiger partial charge < -0.3 is 0 Å². The van der Waals surface area contributed by atoms with E-state index < -0.39 is 0 Å². The Morgan fingerprint density at radius 3 is 2.84 bits per heavy atom. The van der Waals surface area contributed by atoms with Crippen LogP contribution >= 0.6 is 11.8 Å². The Bertz CT molecular complexity index is 446. The summed E-state index contributed by atoms with van der Waals surface area (Å²) in [6.45, 7) is 8.56. The van der Waals surface area contributed by atoms with Crippen molar-refractivity contribution >= 4 is 17.5 Å². The molecule has 104 valence electrons. The molecule has 2 nitrogen and oxygen atoms in total. The number of thioether (sulfide) groups is 1. The molecule has 0 aromatic heterocycles. The molecule has 0 bridgehead atoms. The lowest BCUT2D eigenvalue weighted by molar-refractivity contribution is 0.0953. The summed E-state index contributed by atoms with van der Waals surface area (Å²) in [5.41, 5.74) is 1.97. The van der Waals surface area contributed by atoms with E-state index in [-0.39, 0.29) is 5.78 Å². The summed E-state index contributed by atoms with van der Waals surface area (Å²) in [4.78, 5) is 14.7. The topological polar surface area (TPSA) is 20.3 Å². The summed E-state index contributed by atoms with van der Waals surface area (Å²) in [5, 5.41) is 0.669. The van der Waals surface area contributed by atoms with E-state index >= 15 is 0 Å². The van der Waals surface area contributed by atoms with Crippen LogP contribution in [0.25, 0.3) is 0 Å². The van der Waals surface area contributed by atoms with Crippen molar-refractivity contribution in [3.63, 3.8) is 0 Å². The Morgan fingerprint density at radius 2 is 2.11 bits per heavy atom. The standard InChI is InChI=1S/C16H23NOS/c1-12-6-4-5-7-15(12)16(18)8-9-17-10-11-19-14(3)13(17)2/h4-7,13-14H,8-11H2,1-3H3. The second-order valence-corrected chi connectivity index (χ2v) is 6.83. The van der Waals surface area contributed by atoms with Crippen LogP contribution in [0.3, 0.4) is 0 Å². The Hall–Kier alpha value is -0.800. The molecule has 2 unspecified atom stereocenters. The van der Waals surface area contributed by atoms with Crippen LogP contribution < -0.4 is 0 Å². The molecule has 2 atom stereocenters. The summed E-state index contributed by atoms with van der Waals surface area (Å²) < 4.78 is 0. The zero-order chi connectivity index (χ0) is 13.8. The van der Waals surface area contributed by atoms with Gasteiger partial charge in [0.25, 0.3) is 0 Å². The molecule has 3 heteroatoms. The van der Waals surface area contributed by atoms with E-state index in [1.165, 1.54) is 5.75 Å². The molecule has 1 aliphatic heterocycles. The van der Waals surface area contributed by atoms with Crippen LogP contribution in [0, 0.1) is 6.92 Å². The number of rotatable bonds is 4.